The summed E-state index contributed by atoms with van der Waals surface area (Å²) >= 11 is 6.01. The fraction of sp³-hybridized carbons (Fsp3) is 0.450. The molecule has 0 spiro atoms. The van der Waals surface area contributed by atoms with Gasteiger partial charge in [-0.15, -0.1) is 0 Å². The molecular formula is C20H25ClN4O. The Labute approximate surface area is 159 Å². The Kier molecular flexibility index (Phi) is 6.09. The predicted molar refractivity (Wildman–Crippen MR) is 105 cm³/mol. The van der Waals surface area contributed by atoms with Crippen LogP contribution in [0.2, 0.25) is 5.02 Å². The molecule has 0 saturated heterocycles. The Morgan fingerprint density at radius 3 is 2.77 bits per heavy atom. The van der Waals surface area contributed by atoms with Crippen molar-refractivity contribution in [3.05, 3.63) is 46.7 Å². The van der Waals surface area contributed by atoms with Gasteiger partial charge in [-0.25, -0.2) is 9.97 Å². The van der Waals surface area contributed by atoms with Gasteiger partial charge in [0.25, 0.3) is 5.91 Å². The van der Waals surface area contributed by atoms with Crippen LogP contribution in [0.3, 0.4) is 0 Å². The third-order valence-electron chi connectivity index (χ3n) is 4.96. The van der Waals surface area contributed by atoms with Crippen LogP contribution in [-0.4, -0.2) is 33.9 Å². The maximum atomic E-state index is 12.9. The number of carbonyl (C=O) groups is 1. The van der Waals surface area contributed by atoms with E-state index in [-0.39, 0.29) is 5.91 Å². The minimum Gasteiger partial charge on any atom is -0.339 e. The topological polar surface area (TPSA) is 58.1 Å². The average molecular weight is 373 g/mol. The molecule has 3 rings (SSSR count). The smallest absolute Gasteiger partial charge is 0.257 e. The fourth-order valence-electron chi connectivity index (χ4n) is 3.45. The van der Waals surface area contributed by atoms with E-state index in [1.54, 1.807) is 6.20 Å². The summed E-state index contributed by atoms with van der Waals surface area (Å²) in [5.74, 6) is 0.490. The number of aryl methyl sites for hydroxylation is 1. The first kappa shape index (κ1) is 18.6. The standard InChI is InChI=1S/C20H25ClN4O/c1-3-18-17(19(26)25(2)16-10-5-4-6-11-16)13-22-20(24-18)23-15-9-7-8-14(21)12-15/h7-9,12-13,16H,3-6,10-11H2,1-2H3,(H,22,23,24). The molecule has 6 heteroatoms. The Morgan fingerprint density at radius 1 is 1.31 bits per heavy atom. The molecule has 1 aliphatic rings. The van der Waals surface area contributed by atoms with E-state index in [0.717, 1.165) is 24.2 Å². The summed E-state index contributed by atoms with van der Waals surface area (Å²) in [6.45, 7) is 2.00. The van der Waals surface area contributed by atoms with Gasteiger partial charge >= 0.3 is 0 Å². The van der Waals surface area contributed by atoms with Crippen molar-refractivity contribution in [2.24, 2.45) is 0 Å². The number of nitrogens with one attached hydrogen (secondary N) is 1. The van der Waals surface area contributed by atoms with Crippen molar-refractivity contribution < 1.29 is 4.79 Å². The lowest BCUT2D eigenvalue weighted by molar-refractivity contribution is 0.0694. The summed E-state index contributed by atoms with van der Waals surface area (Å²) in [7, 11) is 1.90. The third kappa shape index (κ3) is 4.33. The lowest BCUT2D eigenvalue weighted by Crippen LogP contribution is -2.38. The lowest BCUT2D eigenvalue weighted by atomic mass is 9.94. The van der Waals surface area contributed by atoms with Gasteiger partial charge in [0.15, 0.2) is 0 Å². The second kappa shape index (κ2) is 8.49. The summed E-state index contributed by atoms with van der Waals surface area (Å²) in [6.07, 6.45) is 8.14. The van der Waals surface area contributed by atoms with E-state index in [2.05, 4.69) is 15.3 Å². The molecule has 1 saturated carbocycles. The van der Waals surface area contributed by atoms with Crippen molar-refractivity contribution in [1.82, 2.24) is 14.9 Å². The molecule has 1 aliphatic carbocycles. The number of nitrogens with zero attached hydrogens (tertiary/aromatic N) is 3. The number of hydrogen-bond acceptors (Lipinski definition) is 4. The van der Waals surface area contributed by atoms with Gasteiger partial charge in [0, 0.05) is 30.0 Å². The minimum atomic E-state index is 0.0167. The number of rotatable bonds is 5. The van der Waals surface area contributed by atoms with E-state index in [1.807, 2.05) is 43.1 Å². The van der Waals surface area contributed by atoms with Gasteiger partial charge in [0.1, 0.15) is 0 Å². The molecule has 1 aromatic heterocycles. The molecule has 0 bridgehead atoms. The van der Waals surface area contributed by atoms with Crippen molar-refractivity contribution in [2.45, 2.75) is 51.5 Å². The molecule has 0 radical (unpaired) electrons. The second-order valence-corrected chi connectivity index (χ2v) is 7.19. The number of hydrogen-bond donors (Lipinski definition) is 1. The summed E-state index contributed by atoms with van der Waals surface area (Å²) in [4.78, 5) is 23.7. The quantitative estimate of drug-likeness (QED) is 0.815. The molecule has 26 heavy (non-hydrogen) atoms. The maximum Gasteiger partial charge on any atom is 0.257 e. The van der Waals surface area contributed by atoms with Gasteiger partial charge in [0.2, 0.25) is 5.95 Å². The van der Waals surface area contributed by atoms with Crippen molar-refractivity contribution in [1.29, 1.82) is 0 Å². The highest BCUT2D eigenvalue weighted by Gasteiger charge is 2.25. The van der Waals surface area contributed by atoms with Crippen LogP contribution >= 0.6 is 11.6 Å². The first-order chi connectivity index (χ1) is 12.6. The van der Waals surface area contributed by atoms with Crippen LogP contribution in [0.25, 0.3) is 0 Å². The number of aromatic nitrogens is 2. The van der Waals surface area contributed by atoms with E-state index < -0.39 is 0 Å². The monoisotopic (exact) mass is 372 g/mol. The molecule has 0 unspecified atom stereocenters. The van der Waals surface area contributed by atoms with Crippen LogP contribution in [0, 0.1) is 0 Å². The largest absolute Gasteiger partial charge is 0.339 e. The van der Waals surface area contributed by atoms with Crippen LogP contribution in [0.15, 0.2) is 30.5 Å². The molecule has 2 aromatic rings. The van der Waals surface area contributed by atoms with E-state index >= 15 is 0 Å². The molecule has 1 heterocycles. The zero-order chi connectivity index (χ0) is 18.5. The van der Waals surface area contributed by atoms with Gasteiger partial charge in [-0.2, -0.15) is 0 Å². The van der Waals surface area contributed by atoms with Crippen LogP contribution in [0.5, 0.6) is 0 Å². The number of benzene rings is 1. The Bertz CT molecular complexity index is 774. The minimum absolute atomic E-state index is 0.0167. The summed E-state index contributed by atoms with van der Waals surface area (Å²) in [5, 5.41) is 3.79. The van der Waals surface area contributed by atoms with Crippen molar-refractivity contribution in [3.8, 4) is 0 Å². The number of halogens is 1. The molecule has 1 N–H and O–H groups in total. The average Bonchev–Trinajstić information content (AvgIpc) is 2.67. The summed E-state index contributed by atoms with van der Waals surface area (Å²) in [6, 6.07) is 7.71. The number of anilines is 2. The first-order valence-electron chi connectivity index (χ1n) is 9.24. The molecule has 1 fully saturated rings. The van der Waals surface area contributed by atoms with Gasteiger partial charge in [0.05, 0.1) is 11.3 Å². The maximum absolute atomic E-state index is 12.9. The first-order valence-corrected chi connectivity index (χ1v) is 9.62. The number of amides is 1. The van der Waals surface area contributed by atoms with Crippen molar-refractivity contribution >= 4 is 29.1 Å². The summed E-state index contributed by atoms with van der Waals surface area (Å²) < 4.78 is 0. The molecule has 0 atom stereocenters. The highest BCUT2D eigenvalue weighted by Crippen LogP contribution is 2.24. The number of carbonyl (C=O) groups excluding carboxylic acids is 1. The van der Waals surface area contributed by atoms with Gasteiger partial charge in [-0.05, 0) is 37.5 Å². The van der Waals surface area contributed by atoms with E-state index in [1.165, 1.54) is 19.3 Å². The molecule has 1 aromatic carbocycles. The van der Waals surface area contributed by atoms with Crippen molar-refractivity contribution in [2.75, 3.05) is 12.4 Å². The van der Waals surface area contributed by atoms with Gasteiger partial charge in [-0.3, -0.25) is 4.79 Å². The molecular weight excluding hydrogens is 348 g/mol. The van der Waals surface area contributed by atoms with Gasteiger partial charge in [-0.1, -0.05) is 43.9 Å². The highest BCUT2D eigenvalue weighted by atomic mass is 35.5. The Morgan fingerprint density at radius 2 is 2.08 bits per heavy atom. The third-order valence-corrected chi connectivity index (χ3v) is 5.19. The van der Waals surface area contributed by atoms with Crippen molar-refractivity contribution in [3.63, 3.8) is 0 Å². The normalized spacial score (nSPS) is 14.9. The zero-order valence-electron chi connectivity index (χ0n) is 15.3. The van der Waals surface area contributed by atoms with Crippen LogP contribution in [0.4, 0.5) is 11.6 Å². The Hall–Kier alpha value is -2.14. The van der Waals surface area contributed by atoms with Crippen LogP contribution in [0.1, 0.15) is 55.1 Å². The highest BCUT2D eigenvalue weighted by molar-refractivity contribution is 6.30. The van der Waals surface area contributed by atoms with E-state index in [4.69, 9.17) is 11.6 Å². The predicted octanol–water partition coefficient (Wildman–Crippen LogP) is 4.84. The van der Waals surface area contributed by atoms with E-state index in [9.17, 15) is 4.79 Å². The zero-order valence-corrected chi connectivity index (χ0v) is 16.1. The molecule has 5 nitrogen and oxygen atoms in total. The molecule has 0 aliphatic heterocycles. The second-order valence-electron chi connectivity index (χ2n) is 6.75. The summed E-state index contributed by atoms with van der Waals surface area (Å²) in [5.41, 5.74) is 2.17. The lowest BCUT2D eigenvalue weighted by Gasteiger charge is -2.31. The van der Waals surface area contributed by atoms with Crippen LogP contribution < -0.4 is 5.32 Å². The molecule has 1 amide bonds. The van der Waals surface area contributed by atoms with Gasteiger partial charge < -0.3 is 10.2 Å². The Balaban J connectivity index is 1.78. The van der Waals surface area contributed by atoms with E-state index in [0.29, 0.717) is 29.0 Å². The van der Waals surface area contributed by atoms with Crippen LogP contribution in [-0.2, 0) is 6.42 Å². The SMILES string of the molecule is CCc1nc(Nc2cccc(Cl)c2)ncc1C(=O)N(C)C1CCCCC1. The molecule has 138 valence electrons. The fourth-order valence-corrected chi connectivity index (χ4v) is 3.64.